The summed E-state index contributed by atoms with van der Waals surface area (Å²) < 4.78 is 88.5. The molecule has 0 bridgehead atoms. The van der Waals surface area contributed by atoms with Crippen molar-refractivity contribution >= 4 is 20.9 Å². The van der Waals surface area contributed by atoms with Crippen LogP contribution in [0.2, 0.25) is 0 Å². The van der Waals surface area contributed by atoms with Gasteiger partial charge in [0, 0.05) is 5.39 Å². The van der Waals surface area contributed by atoms with Crippen LogP contribution in [0.3, 0.4) is 0 Å². The first-order valence-electron chi connectivity index (χ1n) is 5.00. The third-order valence-electron chi connectivity index (χ3n) is 2.36. The van der Waals surface area contributed by atoms with Crippen molar-refractivity contribution < 1.29 is 34.6 Å². The van der Waals surface area contributed by atoms with Gasteiger partial charge in [-0.25, -0.2) is 8.78 Å². The lowest BCUT2D eigenvalue weighted by molar-refractivity contribution is -0.0499. The Balaban J connectivity index is 2.59. The quantitative estimate of drug-likeness (QED) is 0.485. The molecule has 2 rings (SSSR count). The molecule has 2 aromatic rings. The van der Waals surface area contributed by atoms with Gasteiger partial charge in [-0.1, -0.05) is 12.1 Å². The highest BCUT2D eigenvalue weighted by molar-refractivity contribution is 7.88. The Morgan fingerprint density at radius 3 is 2.20 bits per heavy atom. The van der Waals surface area contributed by atoms with Crippen LogP contribution in [-0.4, -0.2) is 13.9 Å². The van der Waals surface area contributed by atoms with Crippen molar-refractivity contribution in [2.75, 3.05) is 0 Å². The van der Waals surface area contributed by atoms with E-state index in [0.29, 0.717) is 6.07 Å². The van der Waals surface area contributed by atoms with Crippen LogP contribution in [-0.2, 0) is 10.1 Å². The fraction of sp³-hybridized carbons (Fsp3) is 0.0909. The molecule has 0 saturated carbocycles. The highest BCUT2D eigenvalue weighted by Crippen LogP contribution is 2.32. The van der Waals surface area contributed by atoms with E-state index in [2.05, 4.69) is 4.18 Å². The normalized spacial score (nSPS) is 12.7. The molecule has 0 amide bonds. The average molecular weight is 312 g/mol. The Morgan fingerprint density at radius 1 is 1.00 bits per heavy atom. The van der Waals surface area contributed by atoms with Gasteiger partial charge in [0.25, 0.3) is 0 Å². The Hall–Kier alpha value is -1.90. The van der Waals surface area contributed by atoms with Gasteiger partial charge in [-0.3, -0.25) is 0 Å². The summed E-state index contributed by atoms with van der Waals surface area (Å²) in [4.78, 5) is 0. The first kappa shape index (κ1) is 14.5. The van der Waals surface area contributed by atoms with Crippen LogP contribution >= 0.6 is 0 Å². The van der Waals surface area contributed by atoms with E-state index in [1.54, 1.807) is 0 Å². The minimum atomic E-state index is -5.88. The van der Waals surface area contributed by atoms with Crippen molar-refractivity contribution in [3.05, 3.63) is 42.0 Å². The van der Waals surface area contributed by atoms with Gasteiger partial charge in [-0.2, -0.15) is 21.6 Å². The number of halogens is 5. The number of alkyl halides is 3. The summed E-state index contributed by atoms with van der Waals surface area (Å²) in [5.41, 5.74) is -5.62. The highest BCUT2D eigenvalue weighted by atomic mass is 32.2. The molecule has 0 unspecified atom stereocenters. The van der Waals surface area contributed by atoms with Gasteiger partial charge in [-0.05, 0) is 23.6 Å². The lowest BCUT2D eigenvalue weighted by atomic mass is 10.1. The molecular weight excluding hydrogens is 307 g/mol. The van der Waals surface area contributed by atoms with E-state index in [1.807, 2.05) is 0 Å². The largest absolute Gasteiger partial charge is 0.534 e. The van der Waals surface area contributed by atoms with Crippen molar-refractivity contribution in [1.29, 1.82) is 0 Å². The summed E-state index contributed by atoms with van der Waals surface area (Å²) in [7, 11) is -5.88. The maximum atomic E-state index is 13.1. The van der Waals surface area contributed by atoms with Gasteiger partial charge in [0.05, 0.1) is 0 Å². The molecule has 0 aromatic heterocycles. The SMILES string of the molecule is O=S(=O)(Oc1cccc2cc(F)c(F)cc12)C(F)(F)F. The minimum absolute atomic E-state index is 0.00113. The fourth-order valence-corrected chi connectivity index (χ4v) is 1.96. The number of hydrogen-bond donors (Lipinski definition) is 0. The smallest absolute Gasteiger partial charge is 0.375 e. The molecule has 0 aliphatic heterocycles. The van der Waals surface area contributed by atoms with E-state index in [4.69, 9.17) is 0 Å². The number of rotatable bonds is 2. The molecule has 0 atom stereocenters. The molecule has 0 fully saturated rings. The van der Waals surface area contributed by atoms with Gasteiger partial charge in [0.15, 0.2) is 17.4 Å². The van der Waals surface area contributed by atoms with Crippen molar-refractivity contribution in [3.8, 4) is 5.75 Å². The summed E-state index contributed by atoms with van der Waals surface area (Å²) >= 11 is 0. The predicted octanol–water partition coefficient (Wildman–Crippen LogP) is 3.35. The second-order valence-corrected chi connectivity index (χ2v) is 5.26. The second kappa shape index (κ2) is 4.58. The van der Waals surface area contributed by atoms with Gasteiger partial charge < -0.3 is 4.18 Å². The summed E-state index contributed by atoms with van der Waals surface area (Å²) in [5.74, 6) is -3.29. The zero-order valence-electron chi connectivity index (χ0n) is 9.41. The molecule has 0 N–H and O–H groups in total. The maximum absolute atomic E-state index is 13.1. The molecule has 3 nitrogen and oxygen atoms in total. The summed E-state index contributed by atoms with van der Waals surface area (Å²) in [6, 6.07) is 4.61. The molecule has 2 aromatic carbocycles. The van der Waals surface area contributed by atoms with Gasteiger partial charge in [0.2, 0.25) is 0 Å². The standard InChI is InChI=1S/C11H5F5O3S/c12-8-4-6-2-1-3-10(7(6)5-9(8)13)19-20(17,18)11(14,15)16/h1-5H. The molecule has 0 heterocycles. The van der Waals surface area contributed by atoms with E-state index in [1.165, 1.54) is 6.07 Å². The molecule has 108 valence electrons. The third kappa shape index (κ3) is 2.53. The Kier molecular flexibility index (Phi) is 3.32. The first-order valence-corrected chi connectivity index (χ1v) is 6.41. The van der Waals surface area contributed by atoms with Gasteiger partial charge in [0.1, 0.15) is 0 Å². The molecule has 0 saturated heterocycles. The lowest BCUT2D eigenvalue weighted by Gasteiger charge is -2.11. The van der Waals surface area contributed by atoms with Crippen molar-refractivity contribution in [1.82, 2.24) is 0 Å². The fourth-order valence-electron chi connectivity index (χ4n) is 1.48. The molecule has 0 radical (unpaired) electrons. The number of benzene rings is 2. The molecular formula is C11H5F5O3S. The van der Waals surface area contributed by atoms with Crippen LogP contribution in [0.15, 0.2) is 30.3 Å². The van der Waals surface area contributed by atoms with E-state index < -0.39 is 33.0 Å². The topological polar surface area (TPSA) is 43.4 Å². The zero-order chi connectivity index (χ0) is 15.1. The van der Waals surface area contributed by atoms with Crippen molar-refractivity contribution in [2.45, 2.75) is 5.51 Å². The molecule has 0 aliphatic rings. The Morgan fingerprint density at radius 2 is 1.60 bits per heavy atom. The van der Waals surface area contributed by atoms with Crippen LogP contribution in [0.5, 0.6) is 5.75 Å². The summed E-state index contributed by atoms with van der Waals surface area (Å²) in [6.07, 6.45) is 0. The molecule has 9 heteroatoms. The monoisotopic (exact) mass is 312 g/mol. The van der Waals surface area contributed by atoms with E-state index >= 15 is 0 Å². The summed E-state index contributed by atoms with van der Waals surface area (Å²) in [6.45, 7) is 0. The van der Waals surface area contributed by atoms with E-state index in [-0.39, 0.29) is 10.8 Å². The van der Waals surface area contributed by atoms with Crippen LogP contribution < -0.4 is 4.18 Å². The summed E-state index contributed by atoms with van der Waals surface area (Å²) in [5, 5.41) is -0.294. The van der Waals surface area contributed by atoms with E-state index in [9.17, 15) is 30.4 Å². The third-order valence-corrected chi connectivity index (χ3v) is 3.33. The molecule has 0 spiro atoms. The predicted molar refractivity (Wildman–Crippen MR) is 59.5 cm³/mol. The van der Waals surface area contributed by atoms with Crippen LogP contribution in [0.25, 0.3) is 10.8 Å². The van der Waals surface area contributed by atoms with Crippen molar-refractivity contribution in [3.63, 3.8) is 0 Å². The maximum Gasteiger partial charge on any atom is 0.534 e. The zero-order valence-corrected chi connectivity index (χ0v) is 10.2. The van der Waals surface area contributed by atoms with E-state index in [0.717, 1.165) is 18.2 Å². The first-order chi connectivity index (χ1) is 9.12. The second-order valence-electron chi connectivity index (χ2n) is 3.73. The molecule has 0 aliphatic carbocycles. The number of fused-ring (bicyclic) bond motifs is 1. The average Bonchev–Trinajstić information content (AvgIpc) is 2.30. The van der Waals surface area contributed by atoms with Gasteiger partial charge >= 0.3 is 15.6 Å². The highest BCUT2D eigenvalue weighted by Gasteiger charge is 2.48. The Labute approximate surface area is 109 Å². The Bertz CT molecular complexity index is 767. The number of hydrogen-bond acceptors (Lipinski definition) is 3. The van der Waals surface area contributed by atoms with Gasteiger partial charge in [-0.15, -0.1) is 0 Å². The van der Waals surface area contributed by atoms with Crippen LogP contribution in [0.4, 0.5) is 22.0 Å². The van der Waals surface area contributed by atoms with Crippen molar-refractivity contribution in [2.24, 2.45) is 0 Å². The lowest BCUT2D eigenvalue weighted by Crippen LogP contribution is -2.28. The molecule has 20 heavy (non-hydrogen) atoms. The van der Waals surface area contributed by atoms with Crippen LogP contribution in [0.1, 0.15) is 0 Å². The minimum Gasteiger partial charge on any atom is -0.375 e. The van der Waals surface area contributed by atoms with Crippen LogP contribution in [0, 0.1) is 11.6 Å².